The molecule has 4 rings (SSSR count). The highest BCUT2D eigenvalue weighted by Crippen LogP contribution is 2.33. The van der Waals surface area contributed by atoms with Crippen molar-refractivity contribution in [2.45, 2.75) is 44.9 Å². The Bertz CT molecular complexity index is 675. The van der Waals surface area contributed by atoms with Crippen LogP contribution < -0.4 is 4.90 Å². The van der Waals surface area contributed by atoms with Crippen LogP contribution in [0.3, 0.4) is 0 Å². The maximum atomic E-state index is 6.49. The number of rotatable bonds is 6. The van der Waals surface area contributed by atoms with E-state index in [2.05, 4.69) is 63.9 Å². The Kier molecular flexibility index (Phi) is 5.63. The largest absolute Gasteiger partial charge is 0.371 e. The van der Waals surface area contributed by atoms with Gasteiger partial charge in [0.2, 0.25) is 0 Å². The van der Waals surface area contributed by atoms with Crippen molar-refractivity contribution >= 4 is 17.0 Å². The van der Waals surface area contributed by atoms with E-state index in [1.165, 1.54) is 50.1 Å². The Labute approximate surface area is 161 Å². The van der Waals surface area contributed by atoms with Crippen LogP contribution in [0.15, 0.2) is 47.2 Å². The fourth-order valence-electron chi connectivity index (χ4n) is 4.38. The van der Waals surface area contributed by atoms with E-state index in [4.69, 9.17) is 4.74 Å². The van der Waals surface area contributed by atoms with Crippen molar-refractivity contribution in [1.82, 2.24) is 4.90 Å². The first kappa shape index (κ1) is 18.0. The molecule has 3 nitrogen and oxygen atoms in total. The van der Waals surface area contributed by atoms with E-state index in [-0.39, 0.29) is 5.72 Å². The van der Waals surface area contributed by atoms with Crippen LogP contribution in [-0.2, 0) is 11.3 Å². The molecule has 2 unspecified atom stereocenters. The lowest BCUT2D eigenvalue weighted by atomic mass is 9.97. The maximum Gasteiger partial charge on any atom is 0.119 e. The molecule has 3 heterocycles. The number of ether oxygens (including phenoxy) is 1. The molecule has 2 aliphatic heterocycles. The van der Waals surface area contributed by atoms with Gasteiger partial charge in [-0.2, -0.15) is 11.3 Å². The van der Waals surface area contributed by atoms with Gasteiger partial charge in [0, 0.05) is 37.2 Å². The average Bonchev–Trinajstić information content (AvgIpc) is 3.35. The molecule has 26 heavy (non-hydrogen) atoms. The third kappa shape index (κ3) is 4.13. The van der Waals surface area contributed by atoms with E-state index in [1.54, 1.807) is 11.3 Å². The molecule has 4 heteroatoms. The minimum absolute atomic E-state index is 0.121. The van der Waals surface area contributed by atoms with Crippen LogP contribution in [0, 0.1) is 5.92 Å². The third-order valence-electron chi connectivity index (χ3n) is 6.02. The molecule has 1 aromatic heterocycles. The van der Waals surface area contributed by atoms with E-state index in [1.807, 2.05) is 0 Å². The van der Waals surface area contributed by atoms with Gasteiger partial charge in [0.05, 0.1) is 6.61 Å². The van der Waals surface area contributed by atoms with Crippen molar-refractivity contribution in [3.8, 4) is 0 Å². The number of hydrogen-bond donors (Lipinski definition) is 0. The summed E-state index contributed by atoms with van der Waals surface area (Å²) in [7, 11) is 0. The molecule has 0 amide bonds. The first-order chi connectivity index (χ1) is 12.7. The van der Waals surface area contributed by atoms with Gasteiger partial charge in [-0.1, -0.05) is 30.3 Å². The number of nitrogens with zero attached hydrogens (tertiary/aromatic N) is 2. The Morgan fingerprint density at radius 2 is 2.04 bits per heavy atom. The zero-order valence-electron chi connectivity index (χ0n) is 15.8. The van der Waals surface area contributed by atoms with Crippen molar-refractivity contribution in [2.24, 2.45) is 5.92 Å². The first-order valence-electron chi connectivity index (χ1n) is 9.93. The van der Waals surface area contributed by atoms with E-state index >= 15 is 0 Å². The minimum atomic E-state index is -0.121. The molecule has 140 valence electrons. The molecular weight excluding hydrogens is 340 g/mol. The van der Waals surface area contributed by atoms with Gasteiger partial charge in [-0.25, -0.2) is 0 Å². The quantitative estimate of drug-likeness (QED) is 0.712. The molecule has 0 aliphatic carbocycles. The first-order valence-corrected chi connectivity index (χ1v) is 10.9. The second-order valence-electron chi connectivity index (χ2n) is 7.93. The van der Waals surface area contributed by atoms with Gasteiger partial charge in [-0.05, 0) is 55.5 Å². The summed E-state index contributed by atoms with van der Waals surface area (Å²) in [5, 5.41) is 4.46. The Morgan fingerprint density at radius 1 is 1.15 bits per heavy atom. The van der Waals surface area contributed by atoms with Crippen molar-refractivity contribution in [2.75, 3.05) is 31.1 Å². The van der Waals surface area contributed by atoms with Crippen molar-refractivity contribution in [1.29, 1.82) is 0 Å². The maximum absolute atomic E-state index is 6.49. The highest BCUT2D eigenvalue weighted by atomic mass is 32.1. The average molecular weight is 371 g/mol. The lowest BCUT2D eigenvalue weighted by Gasteiger charge is -2.45. The lowest BCUT2D eigenvalue weighted by Crippen LogP contribution is -2.53. The number of piperidine rings is 1. The fourth-order valence-corrected chi connectivity index (χ4v) is 5.04. The highest BCUT2D eigenvalue weighted by Gasteiger charge is 2.37. The lowest BCUT2D eigenvalue weighted by molar-refractivity contribution is -0.174. The van der Waals surface area contributed by atoms with Gasteiger partial charge in [-0.15, -0.1) is 0 Å². The Balaban J connectivity index is 1.36. The van der Waals surface area contributed by atoms with Gasteiger partial charge in [0.15, 0.2) is 0 Å². The summed E-state index contributed by atoms with van der Waals surface area (Å²) in [5.41, 5.74) is 2.55. The molecule has 2 aliphatic rings. The van der Waals surface area contributed by atoms with Gasteiger partial charge < -0.3 is 9.64 Å². The van der Waals surface area contributed by atoms with E-state index < -0.39 is 0 Å². The summed E-state index contributed by atoms with van der Waals surface area (Å²) in [6.07, 6.45) is 5.00. The summed E-state index contributed by atoms with van der Waals surface area (Å²) in [6.45, 7) is 7.71. The summed E-state index contributed by atoms with van der Waals surface area (Å²) < 4.78 is 6.49. The van der Waals surface area contributed by atoms with Crippen LogP contribution in [0.2, 0.25) is 0 Å². The van der Waals surface area contributed by atoms with Crippen LogP contribution in [0.1, 0.15) is 38.2 Å². The van der Waals surface area contributed by atoms with Crippen molar-refractivity contribution in [3.63, 3.8) is 0 Å². The number of anilines is 1. The monoisotopic (exact) mass is 370 g/mol. The van der Waals surface area contributed by atoms with Gasteiger partial charge >= 0.3 is 0 Å². The van der Waals surface area contributed by atoms with Gasteiger partial charge in [0.25, 0.3) is 0 Å². The summed E-state index contributed by atoms with van der Waals surface area (Å²) in [5.74, 6) is 0.743. The van der Waals surface area contributed by atoms with Gasteiger partial charge in [-0.3, -0.25) is 4.90 Å². The van der Waals surface area contributed by atoms with Crippen LogP contribution in [-0.4, -0.2) is 36.8 Å². The Hall–Kier alpha value is -1.36. The molecule has 2 aromatic rings. The van der Waals surface area contributed by atoms with Crippen LogP contribution >= 0.6 is 11.3 Å². The molecule has 0 radical (unpaired) electrons. The normalized spacial score (nSPS) is 27.1. The zero-order chi connectivity index (χ0) is 17.8. The smallest absolute Gasteiger partial charge is 0.119 e. The predicted molar refractivity (Wildman–Crippen MR) is 110 cm³/mol. The fraction of sp³-hybridized carbons (Fsp3) is 0.545. The standard InChI is InChI=1S/C22H30N2OS/c1-22(25-17-19-7-3-2-4-8-19)11-5-6-12-24(22)16-20-9-13-23(15-20)21-10-14-26-18-21/h2-4,7-8,10,14,18,20H,5-6,9,11-13,15-17H2,1H3. The van der Waals surface area contributed by atoms with Crippen LogP contribution in [0.5, 0.6) is 0 Å². The Morgan fingerprint density at radius 3 is 2.85 bits per heavy atom. The van der Waals surface area contributed by atoms with E-state index in [0.717, 1.165) is 18.9 Å². The minimum Gasteiger partial charge on any atom is -0.371 e. The molecule has 2 saturated heterocycles. The van der Waals surface area contributed by atoms with Gasteiger partial charge in [0.1, 0.15) is 5.72 Å². The molecule has 0 saturated carbocycles. The molecular formula is C22H30N2OS. The molecule has 2 atom stereocenters. The van der Waals surface area contributed by atoms with Crippen molar-refractivity contribution in [3.05, 3.63) is 52.7 Å². The topological polar surface area (TPSA) is 15.7 Å². The number of benzene rings is 1. The second kappa shape index (κ2) is 8.12. The zero-order valence-corrected chi connectivity index (χ0v) is 16.6. The SMILES string of the molecule is CC1(OCc2ccccc2)CCCCN1CC1CCN(c2ccsc2)C1. The third-order valence-corrected chi connectivity index (χ3v) is 6.69. The number of likely N-dealkylation sites (tertiary alicyclic amines) is 1. The summed E-state index contributed by atoms with van der Waals surface area (Å²) in [4.78, 5) is 5.18. The summed E-state index contributed by atoms with van der Waals surface area (Å²) >= 11 is 1.80. The number of thiophene rings is 1. The summed E-state index contributed by atoms with van der Waals surface area (Å²) in [6, 6.07) is 12.8. The molecule has 0 spiro atoms. The molecule has 0 N–H and O–H groups in total. The highest BCUT2D eigenvalue weighted by molar-refractivity contribution is 7.08. The van der Waals surface area contributed by atoms with Crippen LogP contribution in [0.25, 0.3) is 0 Å². The predicted octanol–water partition coefficient (Wildman–Crippen LogP) is 4.99. The van der Waals surface area contributed by atoms with Crippen LogP contribution in [0.4, 0.5) is 5.69 Å². The molecule has 2 fully saturated rings. The van der Waals surface area contributed by atoms with E-state index in [0.29, 0.717) is 6.61 Å². The molecule has 0 bridgehead atoms. The van der Waals surface area contributed by atoms with Crippen molar-refractivity contribution < 1.29 is 4.74 Å². The van der Waals surface area contributed by atoms with E-state index in [9.17, 15) is 0 Å². The number of hydrogen-bond acceptors (Lipinski definition) is 4. The molecule has 1 aromatic carbocycles. The second-order valence-corrected chi connectivity index (χ2v) is 8.71.